The number of nitrogens with zero attached hydrogens (tertiary/aromatic N) is 3. The highest BCUT2D eigenvalue weighted by atomic mass is 32.1. The summed E-state index contributed by atoms with van der Waals surface area (Å²) in [5.74, 6) is 0. The molecule has 2 aromatic rings. The minimum absolute atomic E-state index is 0.863. The number of nitrogens with one attached hydrogen (secondary N) is 1. The SMILES string of the molecule is Cn1nccc1CNCCc1nccs1. The molecule has 2 aromatic heterocycles. The van der Waals surface area contributed by atoms with Gasteiger partial charge in [0.1, 0.15) is 0 Å². The van der Waals surface area contributed by atoms with E-state index in [0.29, 0.717) is 0 Å². The van der Waals surface area contributed by atoms with Crippen molar-refractivity contribution in [1.29, 1.82) is 0 Å². The highest BCUT2D eigenvalue weighted by Crippen LogP contribution is 2.03. The minimum atomic E-state index is 0.863. The number of aryl methyl sites for hydroxylation is 1. The summed E-state index contributed by atoms with van der Waals surface area (Å²) in [6.07, 6.45) is 4.66. The van der Waals surface area contributed by atoms with Crippen molar-refractivity contribution in [1.82, 2.24) is 20.1 Å². The van der Waals surface area contributed by atoms with E-state index >= 15 is 0 Å². The van der Waals surface area contributed by atoms with Gasteiger partial charge >= 0.3 is 0 Å². The van der Waals surface area contributed by atoms with E-state index in [4.69, 9.17) is 0 Å². The van der Waals surface area contributed by atoms with Crippen molar-refractivity contribution >= 4 is 11.3 Å². The number of aromatic nitrogens is 3. The topological polar surface area (TPSA) is 42.7 Å². The quantitative estimate of drug-likeness (QED) is 0.773. The molecule has 0 aliphatic carbocycles. The molecule has 0 unspecified atom stereocenters. The molecule has 0 saturated carbocycles. The van der Waals surface area contributed by atoms with Crippen molar-refractivity contribution in [2.24, 2.45) is 7.05 Å². The molecule has 80 valence electrons. The normalized spacial score (nSPS) is 10.7. The molecule has 0 bridgehead atoms. The molecule has 0 aromatic carbocycles. The van der Waals surface area contributed by atoms with Crippen LogP contribution in [0.1, 0.15) is 10.7 Å². The number of hydrogen-bond donors (Lipinski definition) is 1. The highest BCUT2D eigenvalue weighted by molar-refractivity contribution is 7.09. The first kappa shape index (κ1) is 10.3. The second-order valence-electron chi connectivity index (χ2n) is 3.30. The zero-order chi connectivity index (χ0) is 10.5. The van der Waals surface area contributed by atoms with E-state index in [1.165, 1.54) is 10.7 Å². The standard InChI is InChI=1S/C10H14N4S/c1-14-9(2-5-13-14)8-11-4-3-10-12-6-7-15-10/h2,5-7,11H,3-4,8H2,1H3. The fraction of sp³-hybridized carbons (Fsp3) is 0.400. The average molecular weight is 222 g/mol. The van der Waals surface area contributed by atoms with Gasteiger partial charge in [-0.3, -0.25) is 4.68 Å². The summed E-state index contributed by atoms with van der Waals surface area (Å²) in [6, 6.07) is 2.02. The Bertz CT molecular complexity index is 393. The molecular weight excluding hydrogens is 208 g/mol. The first-order chi connectivity index (χ1) is 7.36. The largest absolute Gasteiger partial charge is 0.311 e. The summed E-state index contributed by atoms with van der Waals surface area (Å²) in [6.45, 7) is 1.82. The van der Waals surface area contributed by atoms with Crippen molar-refractivity contribution in [3.63, 3.8) is 0 Å². The summed E-state index contributed by atoms with van der Waals surface area (Å²) in [7, 11) is 1.96. The van der Waals surface area contributed by atoms with Crippen LogP contribution in [0.3, 0.4) is 0 Å². The monoisotopic (exact) mass is 222 g/mol. The van der Waals surface area contributed by atoms with Gasteiger partial charge in [0.2, 0.25) is 0 Å². The number of hydrogen-bond acceptors (Lipinski definition) is 4. The summed E-state index contributed by atoms with van der Waals surface area (Å²) < 4.78 is 1.89. The molecule has 0 saturated heterocycles. The van der Waals surface area contributed by atoms with Crippen molar-refractivity contribution in [2.75, 3.05) is 6.54 Å². The third-order valence-corrected chi connectivity index (χ3v) is 3.07. The lowest BCUT2D eigenvalue weighted by molar-refractivity contribution is 0.625. The van der Waals surface area contributed by atoms with Crippen LogP contribution in [-0.2, 0) is 20.0 Å². The van der Waals surface area contributed by atoms with E-state index in [1.54, 1.807) is 11.3 Å². The van der Waals surface area contributed by atoms with Crippen molar-refractivity contribution < 1.29 is 0 Å². The maximum absolute atomic E-state index is 4.23. The van der Waals surface area contributed by atoms with Crippen LogP contribution < -0.4 is 5.32 Å². The molecule has 5 heteroatoms. The van der Waals surface area contributed by atoms with Crippen LogP contribution in [0.5, 0.6) is 0 Å². The number of thiazole rings is 1. The Balaban J connectivity index is 1.70. The molecule has 0 spiro atoms. The van der Waals surface area contributed by atoms with Gasteiger partial charge in [-0.05, 0) is 6.07 Å². The molecule has 0 fully saturated rings. The zero-order valence-corrected chi connectivity index (χ0v) is 9.50. The Morgan fingerprint density at radius 1 is 1.47 bits per heavy atom. The first-order valence-corrected chi connectivity index (χ1v) is 5.80. The summed E-state index contributed by atoms with van der Waals surface area (Å²) in [4.78, 5) is 4.23. The van der Waals surface area contributed by atoms with Crippen LogP contribution in [0, 0.1) is 0 Å². The predicted octanol–water partition coefficient (Wildman–Crippen LogP) is 1.21. The summed E-state index contributed by atoms with van der Waals surface area (Å²) in [5.41, 5.74) is 1.20. The average Bonchev–Trinajstić information content (AvgIpc) is 2.85. The second kappa shape index (κ2) is 5.04. The van der Waals surface area contributed by atoms with Gasteiger partial charge in [0.05, 0.1) is 10.7 Å². The van der Waals surface area contributed by atoms with Crippen LogP contribution in [-0.4, -0.2) is 21.3 Å². The lowest BCUT2D eigenvalue weighted by Gasteiger charge is -2.03. The molecule has 4 nitrogen and oxygen atoms in total. The van der Waals surface area contributed by atoms with Crippen LogP contribution in [0.4, 0.5) is 0 Å². The van der Waals surface area contributed by atoms with E-state index in [9.17, 15) is 0 Å². The van der Waals surface area contributed by atoms with Gasteiger partial charge in [-0.25, -0.2) is 4.98 Å². The van der Waals surface area contributed by atoms with E-state index in [2.05, 4.69) is 15.4 Å². The summed E-state index contributed by atoms with van der Waals surface area (Å²) in [5, 5.41) is 10.7. The van der Waals surface area contributed by atoms with Crippen LogP contribution in [0.15, 0.2) is 23.8 Å². The van der Waals surface area contributed by atoms with Crippen molar-refractivity contribution in [3.05, 3.63) is 34.5 Å². The Morgan fingerprint density at radius 2 is 2.40 bits per heavy atom. The fourth-order valence-corrected chi connectivity index (χ4v) is 1.98. The predicted molar refractivity (Wildman–Crippen MR) is 60.7 cm³/mol. The van der Waals surface area contributed by atoms with Gasteiger partial charge in [-0.2, -0.15) is 5.10 Å². The van der Waals surface area contributed by atoms with E-state index in [1.807, 2.05) is 35.6 Å². The van der Waals surface area contributed by atoms with Crippen LogP contribution in [0.2, 0.25) is 0 Å². The van der Waals surface area contributed by atoms with Crippen molar-refractivity contribution in [3.8, 4) is 0 Å². The molecule has 0 aliphatic heterocycles. The smallest absolute Gasteiger partial charge is 0.0937 e. The van der Waals surface area contributed by atoms with Gasteiger partial charge < -0.3 is 5.32 Å². The lowest BCUT2D eigenvalue weighted by atomic mass is 10.4. The number of rotatable bonds is 5. The second-order valence-corrected chi connectivity index (χ2v) is 4.28. The fourth-order valence-electron chi connectivity index (χ4n) is 1.36. The Labute approximate surface area is 93.0 Å². The molecule has 0 atom stereocenters. The highest BCUT2D eigenvalue weighted by Gasteiger charge is 1.98. The minimum Gasteiger partial charge on any atom is -0.311 e. The Hall–Kier alpha value is -1.20. The van der Waals surface area contributed by atoms with Crippen LogP contribution >= 0.6 is 11.3 Å². The van der Waals surface area contributed by atoms with E-state index in [-0.39, 0.29) is 0 Å². The zero-order valence-electron chi connectivity index (χ0n) is 8.68. The van der Waals surface area contributed by atoms with Gasteiger partial charge in [0.15, 0.2) is 0 Å². The molecular formula is C10H14N4S. The van der Waals surface area contributed by atoms with E-state index < -0.39 is 0 Å². The maximum Gasteiger partial charge on any atom is 0.0937 e. The molecule has 15 heavy (non-hydrogen) atoms. The lowest BCUT2D eigenvalue weighted by Crippen LogP contribution is -2.18. The Morgan fingerprint density at radius 3 is 3.07 bits per heavy atom. The third-order valence-electron chi connectivity index (χ3n) is 2.23. The molecule has 0 amide bonds. The molecule has 0 radical (unpaired) electrons. The van der Waals surface area contributed by atoms with Gasteiger partial charge in [0, 0.05) is 44.3 Å². The van der Waals surface area contributed by atoms with E-state index in [0.717, 1.165) is 19.5 Å². The first-order valence-electron chi connectivity index (χ1n) is 4.92. The molecule has 2 rings (SSSR count). The van der Waals surface area contributed by atoms with Crippen molar-refractivity contribution in [2.45, 2.75) is 13.0 Å². The van der Waals surface area contributed by atoms with Gasteiger partial charge in [-0.1, -0.05) is 0 Å². The molecule has 0 aliphatic rings. The Kier molecular flexibility index (Phi) is 3.47. The maximum atomic E-state index is 4.23. The molecule has 2 heterocycles. The third kappa shape index (κ3) is 2.87. The van der Waals surface area contributed by atoms with Gasteiger partial charge in [-0.15, -0.1) is 11.3 Å². The van der Waals surface area contributed by atoms with Crippen LogP contribution in [0.25, 0.3) is 0 Å². The molecule has 1 N–H and O–H groups in total. The summed E-state index contributed by atoms with van der Waals surface area (Å²) >= 11 is 1.71. The van der Waals surface area contributed by atoms with Gasteiger partial charge in [0.25, 0.3) is 0 Å².